The van der Waals surface area contributed by atoms with Crippen molar-refractivity contribution in [2.24, 2.45) is 0 Å². The zero-order valence-corrected chi connectivity index (χ0v) is 10.0. The SMILES string of the molecule is Clc1nc(Cl)c2nc(CBr)sc2n1. The molecule has 0 N–H and O–H groups in total. The summed E-state index contributed by atoms with van der Waals surface area (Å²) in [7, 11) is 0. The van der Waals surface area contributed by atoms with E-state index in [-0.39, 0.29) is 5.28 Å². The highest BCUT2D eigenvalue weighted by Crippen LogP contribution is 2.27. The number of fused-ring (bicyclic) bond motifs is 1. The lowest BCUT2D eigenvalue weighted by atomic mass is 10.6. The highest BCUT2D eigenvalue weighted by atomic mass is 79.9. The summed E-state index contributed by atoms with van der Waals surface area (Å²) in [5.74, 6) is 0. The van der Waals surface area contributed by atoms with Crippen molar-refractivity contribution in [1.29, 1.82) is 0 Å². The first kappa shape index (κ1) is 9.58. The van der Waals surface area contributed by atoms with Gasteiger partial charge in [-0.2, -0.15) is 0 Å². The van der Waals surface area contributed by atoms with Crippen LogP contribution in [0.4, 0.5) is 0 Å². The van der Waals surface area contributed by atoms with Gasteiger partial charge in [-0.1, -0.05) is 38.9 Å². The van der Waals surface area contributed by atoms with E-state index in [0.717, 1.165) is 9.84 Å². The van der Waals surface area contributed by atoms with E-state index < -0.39 is 0 Å². The molecule has 68 valence electrons. The Hall–Kier alpha value is 0.0300. The molecule has 0 spiro atoms. The molecule has 0 aliphatic carbocycles. The van der Waals surface area contributed by atoms with Gasteiger partial charge >= 0.3 is 0 Å². The number of rotatable bonds is 1. The average Bonchev–Trinajstić information content (AvgIpc) is 2.47. The third kappa shape index (κ3) is 1.79. The Balaban J connectivity index is 2.75. The number of thiazole rings is 1. The minimum Gasteiger partial charge on any atom is -0.235 e. The molecule has 0 aliphatic heterocycles. The molecule has 0 radical (unpaired) electrons. The summed E-state index contributed by atoms with van der Waals surface area (Å²) in [6, 6.07) is 0. The smallest absolute Gasteiger partial charge is 0.225 e. The van der Waals surface area contributed by atoms with Gasteiger partial charge in [-0.25, -0.2) is 15.0 Å². The van der Waals surface area contributed by atoms with Gasteiger partial charge < -0.3 is 0 Å². The van der Waals surface area contributed by atoms with Gasteiger partial charge in [0.25, 0.3) is 0 Å². The Bertz CT molecular complexity index is 458. The zero-order chi connectivity index (χ0) is 9.42. The third-order valence-electron chi connectivity index (χ3n) is 1.35. The molecule has 0 aromatic carbocycles. The van der Waals surface area contributed by atoms with Gasteiger partial charge in [-0.3, -0.25) is 0 Å². The van der Waals surface area contributed by atoms with E-state index in [1.807, 2.05) is 0 Å². The lowest BCUT2D eigenvalue weighted by Crippen LogP contribution is -1.83. The summed E-state index contributed by atoms with van der Waals surface area (Å²) in [6.07, 6.45) is 0. The lowest BCUT2D eigenvalue weighted by molar-refractivity contribution is 1.21. The van der Waals surface area contributed by atoms with E-state index in [2.05, 4.69) is 30.9 Å². The zero-order valence-electron chi connectivity index (χ0n) is 6.09. The maximum absolute atomic E-state index is 5.83. The first-order valence-electron chi connectivity index (χ1n) is 3.25. The van der Waals surface area contributed by atoms with Crippen LogP contribution in [0.25, 0.3) is 10.3 Å². The van der Waals surface area contributed by atoms with Crippen molar-refractivity contribution in [2.75, 3.05) is 0 Å². The van der Waals surface area contributed by atoms with Crippen LogP contribution in [-0.2, 0) is 5.33 Å². The Morgan fingerprint density at radius 3 is 2.69 bits per heavy atom. The van der Waals surface area contributed by atoms with E-state index in [1.165, 1.54) is 11.3 Å². The summed E-state index contributed by atoms with van der Waals surface area (Å²) in [5.41, 5.74) is 0.616. The quantitative estimate of drug-likeness (QED) is 0.461. The van der Waals surface area contributed by atoms with Gasteiger partial charge in [-0.05, 0) is 11.6 Å². The molecular formula is C6H2BrCl2N3S. The van der Waals surface area contributed by atoms with Crippen molar-refractivity contribution in [2.45, 2.75) is 5.33 Å². The van der Waals surface area contributed by atoms with Crippen LogP contribution in [0.3, 0.4) is 0 Å². The van der Waals surface area contributed by atoms with Gasteiger partial charge in [-0.15, -0.1) is 0 Å². The van der Waals surface area contributed by atoms with E-state index in [0.29, 0.717) is 16.0 Å². The minimum absolute atomic E-state index is 0.155. The predicted molar refractivity (Wildman–Crippen MR) is 57.9 cm³/mol. The highest BCUT2D eigenvalue weighted by Gasteiger charge is 2.10. The largest absolute Gasteiger partial charge is 0.235 e. The van der Waals surface area contributed by atoms with Crippen molar-refractivity contribution < 1.29 is 0 Å². The molecular weight excluding hydrogens is 297 g/mol. The van der Waals surface area contributed by atoms with E-state index in [1.54, 1.807) is 0 Å². The number of hydrogen-bond donors (Lipinski definition) is 0. The monoisotopic (exact) mass is 297 g/mol. The topological polar surface area (TPSA) is 38.7 Å². The highest BCUT2D eigenvalue weighted by molar-refractivity contribution is 9.08. The van der Waals surface area contributed by atoms with Crippen LogP contribution >= 0.6 is 50.5 Å². The van der Waals surface area contributed by atoms with E-state index in [9.17, 15) is 0 Å². The fourth-order valence-corrected chi connectivity index (χ4v) is 2.65. The second-order valence-electron chi connectivity index (χ2n) is 2.18. The van der Waals surface area contributed by atoms with Gasteiger partial charge in [0.2, 0.25) is 5.28 Å². The van der Waals surface area contributed by atoms with Crippen LogP contribution in [0.15, 0.2) is 0 Å². The maximum Gasteiger partial charge on any atom is 0.225 e. The Morgan fingerprint density at radius 1 is 1.23 bits per heavy atom. The molecule has 2 heterocycles. The van der Waals surface area contributed by atoms with Crippen LogP contribution in [0, 0.1) is 0 Å². The molecule has 0 aliphatic rings. The third-order valence-corrected chi connectivity index (χ3v) is 3.63. The molecule has 0 fully saturated rings. The van der Waals surface area contributed by atoms with Gasteiger partial charge in [0.15, 0.2) is 5.15 Å². The van der Waals surface area contributed by atoms with Crippen molar-refractivity contribution in [3.63, 3.8) is 0 Å². The number of hydrogen-bond acceptors (Lipinski definition) is 4. The molecule has 2 aromatic rings. The Kier molecular flexibility index (Phi) is 2.69. The number of halogens is 3. The van der Waals surface area contributed by atoms with Crippen molar-refractivity contribution in [3.05, 3.63) is 15.4 Å². The molecule has 0 unspecified atom stereocenters. The normalized spacial score (nSPS) is 11.0. The molecule has 2 rings (SSSR count). The van der Waals surface area contributed by atoms with Crippen LogP contribution < -0.4 is 0 Å². The fraction of sp³-hybridized carbons (Fsp3) is 0.167. The summed E-state index contributed by atoms with van der Waals surface area (Å²) in [4.78, 5) is 12.8. The fourth-order valence-electron chi connectivity index (χ4n) is 0.865. The maximum atomic E-state index is 5.83. The summed E-state index contributed by atoms with van der Waals surface area (Å²) < 4.78 is 0. The predicted octanol–water partition coefficient (Wildman–Crippen LogP) is 3.29. The molecule has 2 aromatic heterocycles. The first-order chi connectivity index (χ1) is 6.20. The molecule has 0 bridgehead atoms. The van der Waals surface area contributed by atoms with Crippen LogP contribution in [0.1, 0.15) is 5.01 Å². The first-order valence-corrected chi connectivity index (χ1v) is 5.94. The van der Waals surface area contributed by atoms with Crippen molar-refractivity contribution >= 4 is 60.8 Å². The summed E-state index contributed by atoms with van der Waals surface area (Å²) in [6.45, 7) is 0. The Morgan fingerprint density at radius 2 is 2.00 bits per heavy atom. The van der Waals surface area contributed by atoms with Crippen LogP contribution in [0.5, 0.6) is 0 Å². The lowest BCUT2D eigenvalue weighted by Gasteiger charge is -1.90. The minimum atomic E-state index is 0.155. The molecule has 3 nitrogen and oxygen atoms in total. The van der Waals surface area contributed by atoms with Crippen molar-refractivity contribution in [3.8, 4) is 0 Å². The molecule has 0 atom stereocenters. The van der Waals surface area contributed by atoms with E-state index >= 15 is 0 Å². The van der Waals surface area contributed by atoms with E-state index in [4.69, 9.17) is 23.2 Å². The number of aromatic nitrogens is 3. The van der Waals surface area contributed by atoms with Gasteiger partial charge in [0.05, 0.1) is 5.33 Å². The van der Waals surface area contributed by atoms with Crippen LogP contribution in [-0.4, -0.2) is 15.0 Å². The number of alkyl halides is 1. The average molecular weight is 299 g/mol. The van der Waals surface area contributed by atoms with Gasteiger partial charge in [0.1, 0.15) is 15.4 Å². The molecule has 0 saturated carbocycles. The molecule has 7 heteroatoms. The summed E-state index contributed by atoms with van der Waals surface area (Å²) in [5, 5.41) is 2.05. The second-order valence-corrected chi connectivity index (χ2v) is 4.50. The molecule has 13 heavy (non-hydrogen) atoms. The Labute approximate surface area is 96.3 Å². The standard InChI is InChI=1S/C6H2BrCl2N3S/c7-1-2-10-3-4(8)11-6(9)12-5(3)13-2/h1H2. The molecule has 0 amide bonds. The summed E-state index contributed by atoms with van der Waals surface area (Å²) >= 11 is 16.2. The number of nitrogens with zero attached hydrogens (tertiary/aromatic N) is 3. The van der Waals surface area contributed by atoms with Crippen molar-refractivity contribution in [1.82, 2.24) is 15.0 Å². The second kappa shape index (κ2) is 3.65. The van der Waals surface area contributed by atoms with Gasteiger partial charge in [0, 0.05) is 0 Å². The van der Waals surface area contributed by atoms with Crippen LogP contribution in [0.2, 0.25) is 10.4 Å². The molecule has 0 saturated heterocycles.